The summed E-state index contributed by atoms with van der Waals surface area (Å²) in [6.07, 6.45) is 1.50. The molecule has 0 radical (unpaired) electrons. The number of carbonyl (C=O) groups excluding carboxylic acids is 2. The molecule has 1 unspecified atom stereocenters. The minimum absolute atomic E-state index is 0.0807. The highest BCUT2D eigenvalue weighted by Gasteiger charge is 2.50. The van der Waals surface area contributed by atoms with Crippen LogP contribution < -0.4 is 4.74 Å². The molecular weight excluding hydrogens is 270 g/mol. The minimum Gasteiger partial charge on any atom is -0.497 e. The second-order valence-electron chi connectivity index (χ2n) is 5.58. The maximum absolute atomic E-state index is 12.3. The number of methoxy groups -OCH3 is 2. The summed E-state index contributed by atoms with van der Waals surface area (Å²) in [7, 11) is 2.98. The fourth-order valence-corrected chi connectivity index (χ4v) is 3.54. The monoisotopic (exact) mass is 289 g/mol. The van der Waals surface area contributed by atoms with Crippen molar-refractivity contribution in [2.75, 3.05) is 20.8 Å². The van der Waals surface area contributed by atoms with E-state index in [0.29, 0.717) is 13.0 Å². The molecule has 2 aliphatic rings. The Bertz CT molecular complexity index is 554. The van der Waals surface area contributed by atoms with Crippen molar-refractivity contribution in [3.05, 3.63) is 29.8 Å². The van der Waals surface area contributed by atoms with E-state index in [0.717, 1.165) is 12.2 Å². The van der Waals surface area contributed by atoms with Crippen LogP contribution in [-0.2, 0) is 14.3 Å². The van der Waals surface area contributed by atoms with Gasteiger partial charge in [0.1, 0.15) is 11.7 Å². The van der Waals surface area contributed by atoms with Gasteiger partial charge < -0.3 is 14.4 Å². The first-order valence-electron chi connectivity index (χ1n) is 7.18. The Morgan fingerprint density at radius 1 is 1.24 bits per heavy atom. The largest absolute Gasteiger partial charge is 0.497 e. The van der Waals surface area contributed by atoms with Gasteiger partial charge in [-0.3, -0.25) is 9.59 Å². The van der Waals surface area contributed by atoms with E-state index in [4.69, 9.17) is 9.47 Å². The second-order valence-corrected chi connectivity index (χ2v) is 5.58. The lowest BCUT2D eigenvalue weighted by atomic mass is 9.88. The summed E-state index contributed by atoms with van der Waals surface area (Å²) in [5.74, 6) is -0.00941. The van der Waals surface area contributed by atoms with Gasteiger partial charge in [0, 0.05) is 18.5 Å². The summed E-state index contributed by atoms with van der Waals surface area (Å²) in [5.41, 5.74) is 1.20. The molecule has 2 fully saturated rings. The van der Waals surface area contributed by atoms with Crippen LogP contribution in [0.1, 0.15) is 24.3 Å². The highest BCUT2D eigenvalue weighted by molar-refractivity contribution is 5.99. The predicted octanol–water partition coefficient (Wildman–Crippen LogP) is 1.57. The number of carbonyl (C=O) groups is 2. The standard InChI is InChI=1S/C16H19NO4/c1-20-11-5-3-10(4-6-11)12-7-8-17-14(12)9-13(15(17)18)16(19)21-2/h3-6,12-14H,7-9H2,1-2H3/t12-,13?,14-/m0/s1. The molecule has 0 bridgehead atoms. The first-order valence-corrected chi connectivity index (χ1v) is 7.18. The lowest BCUT2D eigenvalue weighted by molar-refractivity contribution is -0.150. The van der Waals surface area contributed by atoms with Gasteiger partial charge in [-0.15, -0.1) is 0 Å². The van der Waals surface area contributed by atoms with Crippen molar-refractivity contribution in [2.24, 2.45) is 5.92 Å². The van der Waals surface area contributed by atoms with Gasteiger partial charge in [-0.25, -0.2) is 0 Å². The summed E-state index contributed by atoms with van der Waals surface area (Å²) in [5, 5.41) is 0. The number of benzene rings is 1. The van der Waals surface area contributed by atoms with Crippen LogP contribution in [0.25, 0.3) is 0 Å². The fourth-order valence-electron chi connectivity index (χ4n) is 3.54. The molecule has 5 nitrogen and oxygen atoms in total. The zero-order chi connectivity index (χ0) is 15.0. The zero-order valence-electron chi connectivity index (χ0n) is 12.2. The average molecular weight is 289 g/mol. The fraction of sp³-hybridized carbons (Fsp3) is 0.500. The summed E-state index contributed by atoms with van der Waals surface area (Å²) < 4.78 is 9.91. The minimum atomic E-state index is -0.624. The molecule has 0 saturated carbocycles. The number of nitrogens with zero attached hydrogens (tertiary/aromatic N) is 1. The second kappa shape index (κ2) is 5.39. The van der Waals surface area contributed by atoms with Crippen LogP contribution in [0.4, 0.5) is 0 Å². The molecule has 0 spiro atoms. The van der Waals surface area contributed by atoms with Crippen molar-refractivity contribution in [1.29, 1.82) is 0 Å². The summed E-state index contributed by atoms with van der Waals surface area (Å²) >= 11 is 0. The third-order valence-corrected chi connectivity index (χ3v) is 4.63. The molecule has 112 valence electrons. The molecule has 5 heteroatoms. The first kappa shape index (κ1) is 13.9. The summed E-state index contributed by atoms with van der Waals surface area (Å²) in [4.78, 5) is 25.8. The van der Waals surface area contributed by atoms with Crippen molar-refractivity contribution < 1.29 is 19.1 Å². The van der Waals surface area contributed by atoms with E-state index < -0.39 is 11.9 Å². The Morgan fingerprint density at radius 3 is 2.57 bits per heavy atom. The van der Waals surface area contributed by atoms with Gasteiger partial charge in [-0.2, -0.15) is 0 Å². The molecule has 3 atom stereocenters. The Labute approximate surface area is 123 Å². The van der Waals surface area contributed by atoms with Gasteiger partial charge in [0.25, 0.3) is 0 Å². The third-order valence-electron chi connectivity index (χ3n) is 4.63. The molecule has 1 aromatic rings. The van der Waals surface area contributed by atoms with Crippen molar-refractivity contribution in [3.63, 3.8) is 0 Å². The smallest absolute Gasteiger partial charge is 0.318 e. The number of hydrogen-bond acceptors (Lipinski definition) is 4. The van der Waals surface area contributed by atoms with E-state index in [1.54, 1.807) is 7.11 Å². The average Bonchev–Trinajstić information content (AvgIpc) is 3.07. The van der Waals surface area contributed by atoms with Crippen molar-refractivity contribution >= 4 is 11.9 Å². The Balaban J connectivity index is 1.80. The lowest BCUT2D eigenvalue weighted by Gasteiger charge is -2.20. The normalized spacial score (nSPS) is 27.6. The van der Waals surface area contributed by atoms with Crippen molar-refractivity contribution in [2.45, 2.75) is 24.8 Å². The Hall–Kier alpha value is -2.04. The maximum Gasteiger partial charge on any atom is 0.318 e. The van der Waals surface area contributed by atoms with Crippen LogP contribution in [-0.4, -0.2) is 43.6 Å². The molecule has 3 rings (SSSR count). The van der Waals surface area contributed by atoms with Crippen LogP contribution in [0.3, 0.4) is 0 Å². The van der Waals surface area contributed by atoms with Crippen LogP contribution in [0.15, 0.2) is 24.3 Å². The van der Waals surface area contributed by atoms with Gasteiger partial charge in [0.2, 0.25) is 5.91 Å². The molecule has 1 amide bonds. The van der Waals surface area contributed by atoms with Crippen LogP contribution in [0.2, 0.25) is 0 Å². The van der Waals surface area contributed by atoms with E-state index in [1.807, 2.05) is 29.2 Å². The molecule has 0 N–H and O–H groups in total. The van der Waals surface area contributed by atoms with Crippen LogP contribution >= 0.6 is 0 Å². The molecule has 0 aromatic heterocycles. The quantitative estimate of drug-likeness (QED) is 0.626. The number of amides is 1. The molecule has 2 saturated heterocycles. The number of ether oxygens (including phenoxy) is 2. The van der Waals surface area contributed by atoms with E-state index in [1.165, 1.54) is 12.7 Å². The highest BCUT2D eigenvalue weighted by atomic mass is 16.5. The summed E-state index contributed by atoms with van der Waals surface area (Å²) in [6, 6.07) is 8.07. The van der Waals surface area contributed by atoms with Gasteiger partial charge in [0.15, 0.2) is 0 Å². The van der Waals surface area contributed by atoms with Gasteiger partial charge >= 0.3 is 5.97 Å². The Morgan fingerprint density at radius 2 is 1.95 bits per heavy atom. The van der Waals surface area contributed by atoms with Crippen molar-refractivity contribution in [3.8, 4) is 5.75 Å². The maximum atomic E-state index is 12.3. The predicted molar refractivity (Wildman–Crippen MR) is 76.0 cm³/mol. The van der Waals surface area contributed by atoms with Crippen LogP contribution in [0, 0.1) is 5.92 Å². The Kier molecular flexibility index (Phi) is 3.57. The number of rotatable bonds is 3. The number of esters is 1. The van der Waals surface area contributed by atoms with E-state index in [2.05, 4.69) is 0 Å². The van der Waals surface area contributed by atoms with E-state index in [-0.39, 0.29) is 17.9 Å². The molecular formula is C16H19NO4. The van der Waals surface area contributed by atoms with Gasteiger partial charge in [0.05, 0.1) is 14.2 Å². The SMILES string of the molecule is COC(=O)C1C[C@H]2[C@H](c3ccc(OC)cc3)CCN2C1=O. The zero-order valence-corrected chi connectivity index (χ0v) is 12.2. The lowest BCUT2D eigenvalue weighted by Crippen LogP contribution is -2.31. The van der Waals surface area contributed by atoms with Gasteiger partial charge in [-0.1, -0.05) is 12.1 Å². The summed E-state index contributed by atoms with van der Waals surface area (Å²) in [6.45, 7) is 0.716. The topological polar surface area (TPSA) is 55.8 Å². The molecule has 21 heavy (non-hydrogen) atoms. The van der Waals surface area contributed by atoms with E-state index in [9.17, 15) is 9.59 Å². The molecule has 1 aromatic carbocycles. The highest BCUT2D eigenvalue weighted by Crippen LogP contribution is 2.42. The number of fused-ring (bicyclic) bond motifs is 1. The van der Waals surface area contributed by atoms with E-state index >= 15 is 0 Å². The molecule has 2 aliphatic heterocycles. The van der Waals surface area contributed by atoms with Crippen LogP contribution in [0.5, 0.6) is 5.75 Å². The van der Waals surface area contributed by atoms with Gasteiger partial charge in [-0.05, 0) is 30.5 Å². The number of hydrogen-bond donors (Lipinski definition) is 0. The molecule has 2 heterocycles. The molecule has 0 aliphatic carbocycles. The first-order chi connectivity index (χ1) is 10.2. The third kappa shape index (κ3) is 2.26. The van der Waals surface area contributed by atoms with Crippen molar-refractivity contribution in [1.82, 2.24) is 4.90 Å².